The van der Waals surface area contributed by atoms with Gasteiger partial charge in [-0.2, -0.15) is 0 Å². The van der Waals surface area contributed by atoms with Gasteiger partial charge in [0.2, 0.25) is 5.91 Å². The van der Waals surface area contributed by atoms with Crippen LogP contribution >= 0.6 is 11.3 Å². The van der Waals surface area contributed by atoms with Crippen LogP contribution in [0, 0.1) is 5.92 Å². The van der Waals surface area contributed by atoms with Crippen molar-refractivity contribution < 1.29 is 9.59 Å². The molecule has 4 nitrogen and oxygen atoms in total. The third kappa shape index (κ3) is 2.72. The van der Waals surface area contributed by atoms with E-state index >= 15 is 0 Å². The molecule has 18 heavy (non-hydrogen) atoms. The molecule has 1 N–H and O–H groups in total. The van der Waals surface area contributed by atoms with Gasteiger partial charge in [-0.25, -0.2) is 0 Å². The van der Waals surface area contributed by atoms with Crippen molar-refractivity contribution in [1.29, 1.82) is 0 Å². The van der Waals surface area contributed by atoms with E-state index in [2.05, 4.69) is 5.32 Å². The first-order chi connectivity index (χ1) is 8.61. The van der Waals surface area contributed by atoms with Crippen molar-refractivity contribution in [3.05, 3.63) is 22.4 Å². The molecule has 1 aliphatic heterocycles. The van der Waals surface area contributed by atoms with Crippen LogP contribution in [0.4, 0.5) is 0 Å². The van der Waals surface area contributed by atoms with E-state index in [1.165, 1.54) is 11.3 Å². The van der Waals surface area contributed by atoms with Gasteiger partial charge in [-0.3, -0.25) is 9.59 Å². The summed E-state index contributed by atoms with van der Waals surface area (Å²) in [5.74, 6) is 0.0695. The van der Waals surface area contributed by atoms with Crippen LogP contribution in [0.15, 0.2) is 17.5 Å². The van der Waals surface area contributed by atoms with E-state index in [1.807, 2.05) is 31.4 Å². The average molecular weight is 266 g/mol. The van der Waals surface area contributed by atoms with E-state index in [9.17, 15) is 9.59 Å². The first-order valence-electron chi connectivity index (χ1n) is 6.25. The zero-order valence-electron chi connectivity index (χ0n) is 10.7. The fourth-order valence-corrected chi connectivity index (χ4v) is 2.52. The summed E-state index contributed by atoms with van der Waals surface area (Å²) in [7, 11) is 0. The summed E-state index contributed by atoms with van der Waals surface area (Å²) in [6, 6.07) is 3.89. The molecular weight excluding hydrogens is 248 g/mol. The molecule has 2 heterocycles. The van der Waals surface area contributed by atoms with Gasteiger partial charge in [0.05, 0.1) is 10.8 Å². The average Bonchev–Trinajstić information content (AvgIpc) is 2.79. The number of carbonyl (C=O) groups excluding carboxylic acids is 2. The number of amides is 2. The zero-order valence-corrected chi connectivity index (χ0v) is 11.5. The SMILES string of the molecule is CCC(C)NC(=O)C1CN(C(=O)c2cccs2)C1. The van der Waals surface area contributed by atoms with Crippen LogP contribution in [0.25, 0.3) is 0 Å². The number of thiophene rings is 1. The Bertz CT molecular complexity index is 424. The summed E-state index contributed by atoms with van der Waals surface area (Å²) >= 11 is 1.44. The second-order valence-corrected chi connectivity index (χ2v) is 5.65. The minimum absolute atomic E-state index is 0.0390. The predicted molar refractivity (Wildman–Crippen MR) is 71.6 cm³/mol. The lowest BCUT2D eigenvalue weighted by Gasteiger charge is -2.38. The fraction of sp³-hybridized carbons (Fsp3) is 0.538. The molecule has 2 amide bonds. The molecule has 0 radical (unpaired) electrons. The maximum Gasteiger partial charge on any atom is 0.263 e. The molecule has 0 aliphatic carbocycles. The van der Waals surface area contributed by atoms with Crippen LogP contribution < -0.4 is 5.32 Å². The summed E-state index contributed by atoms with van der Waals surface area (Å²) in [5.41, 5.74) is 0. The predicted octanol–water partition coefficient (Wildman–Crippen LogP) is 1.73. The molecule has 1 aliphatic rings. The second-order valence-electron chi connectivity index (χ2n) is 4.70. The van der Waals surface area contributed by atoms with Gasteiger partial charge in [0.15, 0.2) is 0 Å². The Balaban J connectivity index is 1.80. The molecule has 98 valence electrons. The van der Waals surface area contributed by atoms with Crippen LogP contribution in [0.1, 0.15) is 29.9 Å². The number of rotatable bonds is 4. The quantitative estimate of drug-likeness (QED) is 0.902. The summed E-state index contributed by atoms with van der Waals surface area (Å²) < 4.78 is 0. The van der Waals surface area contributed by atoms with Crippen LogP contribution in [0.2, 0.25) is 0 Å². The highest BCUT2D eigenvalue weighted by Crippen LogP contribution is 2.21. The molecule has 0 spiro atoms. The van der Waals surface area contributed by atoms with Gasteiger partial charge in [0.25, 0.3) is 5.91 Å². The monoisotopic (exact) mass is 266 g/mol. The molecule has 1 saturated heterocycles. The van der Waals surface area contributed by atoms with E-state index in [-0.39, 0.29) is 23.8 Å². The number of carbonyl (C=O) groups is 2. The van der Waals surface area contributed by atoms with E-state index in [0.29, 0.717) is 13.1 Å². The van der Waals surface area contributed by atoms with Gasteiger partial charge in [0.1, 0.15) is 0 Å². The van der Waals surface area contributed by atoms with Crippen LogP contribution in [-0.4, -0.2) is 35.8 Å². The van der Waals surface area contributed by atoms with E-state index in [0.717, 1.165) is 11.3 Å². The molecule has 0 aromatic carbocycles. The Morgan fingerprint density at radius 3 is 2.83 bits per heavy atom. The highest BCUT2D eigenvalue weighted by Gasteiger charge is 2.36. The molecule has 1 unspecified atom stereocenters. The summed E-state index contributed by atoms with van der Waals surface area (Å²) in [6.07, 6.45) is 0.927. The van der Waals surface area contributed by atoms with Crippen molar-refractivity contribution in [3.8, 4) is 0 Å². The highest BCUT2D eigenvalue weighted by molar-refractivity contribution is 7.12. The number of nitrogens with zero attached hydrogens (tertiary/aromatic N) is 1. The van der Waals surface area contributed by atoms with Crippen molar-refractivity contribution >= 4 is 23.2 Å². The number of likely N-dealkylation sites (tertiary alicyclic amines) is 1. The molecule has 1 aromatic rings. The maximum absolute atomic E-state index is 11.9. The van der Waals surface area contributed by atoms with Crippen molar-refractivity contribution in [3.63, 3.8) is 0 Å². The molecular formula is C13H18N2O2S. The van der Waals surface area contributed by atoms with E-state index in [1.54, 1.807) is 4.90 Å². The third-order valence-corrected chi connectivity index (χ3v) is 4.13. The normalized spacial score (nSPS) is 17.1. The van der Waals surface area contributed by atoms with Gasteiger partial charge in [0, 0.05) is 19.1 Å². The van der Waals surface area contributed by atoms with Crippen LogP contribution in [-0.2, 0) is 4.79 Å². The van der Waals surface area contributed by atoms with Gasteiger partial charge in [-0.15, -0.1) is 11.3 Å². The lowest BCUT2D eigenvalue weighted by molar-refractivity contribution is -0.129. The van der Waals surface area contributed by atoms with E-state index in [4.69, 9.17) is 0 Å². The Labute approximate surface area is 111 Å². The zero-order chi connectivity index (χ0) is 13.1. The Morgan fingerprint density at radius 1 is 1.56 bits per heavy atom. The van der Waals surface area contributed by atoms with Gasteiger partial charge in [-0.05, 0) is 24.8 Å². The van der Waals surface area contributed by atoms with Gasteiger partial charge in [-0.1, -0.05) is 13.0 Å². The molecule has 0 saturated carbocycles. The van der Waals surface area contributed by atoms with Crippen LogP contribution in [0.5, 0.6) is 0 Å². The molecule has 1 atom stereocenters. The highest BCUT2D eigenvalue weighted by atomic mass is 32.1. The number of hydrogen-bond donors (Lipinski definition) is 1. The molecule has 0 bridgehead atoms. The first kappa shape index (κ1) is 13.1. The van der Waals surface area contributed by atoms with Crippen LogP contribution in [0.3, 0.4) is 0 Å². The summed E-state index contributed by atoms with van der Waals surface area (Å²) in [4.78, 5) is 26.2. The third-order valence-electron chi connectivity index (χ3n) is 3.27. The number of hydrogen-bond acceptors (Lipinski definition) is 3. The van der Waals surface area contributed by atoms with Gasteiger partial charge >= 0.3 is 0 Å². The molecule has 2 rings (SSSR count). The Morgan fingerprint density at radius 2 is 2.28 bits per heavy atom. The van der Waals surface area contributed by atoms with Gasteiger partial charge < -0.3 is 10.2 Å². The Hall–Kier alpha value is -1.36. The minimum atomic E-state index is -0.0390. The molecule has 1 aromatic heterocycles. The topological polar surface area (TPSA) is 49.4 Å². The number of nitrogens with one attached hydrogen (secondary N) is 1. The smallest absolute Gasteiger partial charge is 0.263 e. The molecule has 1 fully saturated rings. The van der Waals surface area contributed by atoms with Crippen molar-refractivity contribution in [2.75, 3.05) is 13.1 Å². The van der Waals surface area contributed by atoms with E-state index < -0.39 is 0 Å². The fourth-order valence-electron chi connectivity index (χ4n) is 1.83. The molecule has 5 heteroatoms. The lowest BCUT2D eigenvalue weighted by Crippen LogP contribution is -2.56. The van der Waals surface area contributed by atoms with Crippen molar-refractivity contribution in [1.82, 2.24) is 10.2 Å². The maximum atomic E-state index is 11.9. The van der Waals surface area contributed by atoms with Crippen molar-refractivity contribution in [2.45, 2.75) is 26.3 Å². The second kappa shape index (κ2) is 5.52. The standard InChI is InChI=1S/C13H18N2O2S/c1-3-9(2)14-12(16)10-7-15(8-10)13(17)11-5-4-6-18-11/h4-6,9-10H,3,7-8H2,1-2H3,(H,14,16). The first-order valence-corrected chi connectivity index (χ1v) is 7.13. The summed E-state index contributed by atoms with van der Waals surface area (Å²) in [6.45, 7) is 5.11. The minimum Gasteiger partial charge on any atom is -0.353 e. The lowest BCUT2D eigenvalue weighted by atomic mass is 9.98. The largest absolute Gasteiger partial charge is 0.353 e. The Kier molecular flexibility index (Phi) is 4.01. The van der Waals surface area contributed by atoms with Crippen molar-refractivity contribution in [2.24, 2.45) is 5.92 Å². The summed E-state index contributed by atoms with van der Waals surface area (Å²) in [5, 5.41) is 4.84.